The summed E-state index contributed by atoms with van der Waals surface area (Å²) in [4.78, 5) is 11.1. The van der Waals surface area contributed by atoms with Crippen molar-refractivity contribution in [1.82, 2.24) is 10.2 Å². The summed E-state index contributed by atoms with van der Waals surface area (Å²) in [7, 11) is 0. The molecule has 0 aliphatic carbocycles. The number of ether oxygens (including phenoxy) is 1. The molecule has 0 saturated carbocycles. The van der Waals surface area contributed by atoms with Gasteiger partial charge in [0.1, 0.15) is 11.8 Å². The first-order valence-corrected chi connectivity index (χ1v) is 4.24. The van der Waals surface area contributed by atoms with Gasteiger partial charge < -0.3 is 9.84 Å². The molecule has 0 atom stereocenters. The number of benzene rings is 1. The minimum atomic E-state index is -0.359. The summed E-state index contributed by atoms with van der Waals surface area (Å²) < 4.78 is 5.27. The summed E-state index contributed by atoms with van der Waals surface area (Å²) in [6.45, 7) is 0. The lowest BCUT2D eigenvalue weighted by Crippen LogP contribution is -2.02. The molecule has 1 aromatic carbocycles. The number of nitriles is 1. The molecule has 0 aliphatic rings. The van der Waals surface area contributed by atoms with Gasteiger partial charge in [0, 0.05) is 0 Å². The number of aromatic amines is 2. The van der Waals surface area contributed by atoms with E-state index in [1.54, 1.807) is 24.3 Å². The highest BCUT2D eigenvalue weighted by Gasteiger charge is 2.06. The molecule has 0 radical (unpaired) electrons. The predicted molar refractivity (Wildman–Crippen MR) is 52.6 cm³/mol. The lowest BCUT2D eigenvalue weighted by Gasteiger charge is -2.02. The second kappa shape index (κ2) is 3.72. The van der Waals surface area contributed by atoms with Crippen LogP contribution in [0.4, 0.5) is 0 Å². The normalized spacial score (nSPS) is 9.53. The molecule has 15 heavy (non-hydrogen) atoms. The zero-order chi connectivity index (χ0) is 10.7. The van der Waals surface area contributed by atoms with E-state index in [1.165, 1.54) is 6.20 Å². The van der Waals surface area contributed by atoms with Crippen LogP contribution in [0.2, 0.25) is 0 Å². The molecule has 0 bridgehead atoms. The fourth-order valence-corrected chi connectivity index (χ4v) is 1.14. The summed E-state index contributed by atoms with van der Waals surface area (Å²) in [5.41, 5.74) is 0.0286. The Morgan fingerprint density at radius 2 is 2.07 bits per heavy atom. The van der Waals surface area contributed by atoms with Crippen LogP contribution >= 0.6 is 0 Å². The van der Waals surface area contributed by atoms with Crippen molar-refractivity contribution in [3.05, 3.63) is 46.4 Å². The zero-order valence-corrected chi connectivity index (χ0v) is 7.65. The van der Waals surface area contributed by atoms with Crippen molar-refractivity contribution in [1.29, 1.82) is 5.26 Å². The maximum absolute atomic E-state index is 11.1. The summed E-state index contributed by atoms with van der Waals surface area (Å²) in [5, 5.41) is 13.6. The molecule has 1 heterocycles. The van der Waals surface area contributed by atoms with Crippen LogP contribution in [0.15, 0.2) is 35.3 Å². The van der Waals surface area contributed by atoms with Crippen molar-refractivity contribution in [2.45, 2.75) is 0 Å². The number of aromatic nitrogens is 2. The van der Waals surface area contributed by atoms with Gasteiger partial charge in [-0.2, -0.15) is 5.26 Å². The summed E-state index contributed by atoms with van der Waals surface area (Å²) >= 11 is 0. The van der Waals surface area contributed by atoms with Gasteiger partial charge >= 0.3 is 5.56 Å². The average Bonchev–Trinajstić information content (AvgIpc) is 2.65. The van der Waals surface area contributed by atoms with Crippen molar-refractivity contribution in [3.8, 4) is 17.6 Å². The van der Waals surface area contributed by atoms with E-state index in [4.69, 9.17) is 10.00 Å². The lowest BCUT2D eigenvalue weighted by molar-refractivity contribution is 0.477. The Morgan fingerprint density at radius 1 is 1.27 bits per heavy atom. The Hall–Kier alpha value is -2.48. The van der Waals surface area contributed by atoms with Crippen LogP contribution in [0.1, 0.15) is 5.56 Å². The molecule has 2 aromatic rings. The van der Waals surface area contributed by atoms with E-state index in [2.05, 4.69) is 10.2 Å². The molecule has 0 aliphatic heterocycles. The molecular formula is C10H7N3O2. The van der Waals surface area contributed by atoms with Crippen molar-refractivity contribution in [2.24, 2.45) is 0 Å². The average molecular weight is 201 g/mol. The molecule has 5 nitrogen and oxygen atoms in total. The van der Waals surface area contributed by atoms with Gasteiger partial charge in [-0.3, -0.25) is 9.89 Å². The van der Waals surface area contributed by atoms with Crippen LogP contribution in [0.5, 0.6) is 11.5 Å². The van der Waals surface area contributed by atoms with Gasteiger partial charge in [0.25, 0.3) is 0 Å². The summed E-state index contributed by atoms with van der Waals surface area (Å²) in [5.74, 6) is 0.503. The van der Waals surface area contributed by atoms with E-state index < -0.39 is 0 Å². The Kier molecular flexibility index (Phi) is 2.25. The molecule has 1 aromatic heterocycles. The van der Waals surface area contributed by atoms with E-state index >= 15 is 0 Å². The fraction of sp³-hybridized carbons (Fsp3) is 0. The standard InChI is InChI=1S/C10H7N3O2/c11-5-7-3-1-2-4-8(7)15-9-6-12-13-10(9)14/h1-4,6H,(H2,12,13,14). The third-order valence-electron chi connectivity index (χ3n) is 1.84. The van der Waals surface area contributed by atoms with Crippen LogP contribution in [0.3, 0.4) is 0 Å². The summed E-state index contributed by atoms with van der Waals surface area (Å²) in [6.07, 6.45) is 1.40. The maximum Gasteiger partial charge on any atom is 0.306 e. The Bertz CT molecular complexity index is 562. The van der Waals surface area contributed by atoms with Crippen molar-refractivity contribution >= 4 is 0 Å². The SMILES string of the molecule is N#Cc1ccccc1Oc1c[nH][nH]c1=O. The van der Waals surface area contributed by atoms with E-state index in [9.17, 15) is 4.79 Å². The fourth-order valence-electron chi connectivity index (χ4n) is 1.14. The number of hydrogen-bond donors (Lipinski definition) is 2. The van der Waals surface area contributed by atoms with E-state index in [0.717, 1.165) is 0 Å². The molecule has 0 fully saturated rings. The van der Waals surface area contributed by atoms with E-state index in [0.29, 0.717) is 11.3 Å². The number of para-hydroxylation sites is 1. The second-order valence-corrected chi connectivity index (χ2v) is 2.82. The second-order valence-electron chi connectivity index (χ2n) is 2.82. The van der Waals surface area contributed by atoms with Gasteiger partial charge in [0.15, 0.2) is 0 Å². The van der Waals surface area contributed by atoms with Crippen LogP contribution in [-0.4, -0.2) is 10.2 Å². The van der Waals surface area contributed by atoms with Crippen LogP contribution < -0.4 is 10.3 Å². The molecule has 5 heteroatoms. The van der Waals surface area contributed by atoms with Crippen LogP contribution in [-0.2, 0) is 0 Å². The number of H-pyrrole nitrogens is 2. The molecule has 0 amide bonds. The Balaban J connectivity index is 2.37. The van der Waals surface area contributed by atoms with Gasteiger partial charge in [-0.25, -0.2) is 0 Å². The Labute approximate surface area is 84.9 Å². The number of nitrogens with one attached hydrogen (secondary N) is 2. The number of hydrogen-bond acceptors (Lipinski definition) is 3. The molecule has 2 N–H and O–H groups in total. The molecule has 0 spiro atoms. The van der Waals surface area contributed by atoms with Crippen molar-refractivity contribution < 1.29 is 4.74 Å². The first kappa shape index (κ1) is 9.09. The first-order chi connectivity index (χ1) is 7.31. The number of nitrogens with zero attached hydrogens (tertiary/aromatic N) is 1. The van der Waals surface area contributed by atoms with Crippen LogP contribution in [0.25, 0.3) is 0 Å². The molecule has 2 rings (SSSR count). The van der Waals surface area contributed by atoms with Crippen molar-refractivity contribution in [3.63, 3.8) is 0 Å². The maximum atomic E-state index is 11.1. The smallest absolute Gasteiger partial charge is 0.306 e. The number of rotatable bonds is 2. The summed E-state index contributed by atoms with van der Waals surface area (Å²) in [6, 6.07) is 8.69. The van der Waals surface area contributed by atoms with Gasteiger partial charge in [-0.15, -0.1) is 0 Å². The quantitative estimate of drug-likeness (QED) is 0.769. The Morgan fingerprint density at radius 3 is 2.73 bits per heavy atom. The highest BCUT2D eigenvalue weighted by atomic mass is 16.5. The molecule has 74 valence electrons. The van der Waals surface area contributed by atoms with Crippen LogP contribution in [0, 0.1) is 11.3 Å². The first-order valence-electron chi connectivity index (χ1n) is 4.24. The van der Waals surface area contributed by atoms with E-state index in [1.807, 2.05) is 6.07 Å². The lowest BCUT2D eigenvalue weighted by atomic mass is 10.2. The third-order valence-corrected chi connectivity index (χ3v) is 1.84. The van der Waals surface area contributed by atoms with E-state index in [-0.39, 0.29) is 11.3 Å². The van der Waals surface area contributed by atoms with Gasteiger partial charge in [0.2, 0.25) is 5.75 Å². The topological polar surface area (TPSA) is 81.7 Å². The minimum Gasteiger partial charge on any atom is -0.448 e. The van der Waals surface area contributed by atoms with Gasteiger partial charge in [-0.1, -0.05) is 12.1 Å². The third kappa shape index (κ3) is 1.74. The highest BCUT2D eigenvalue weighted by molar-refractivity contribution is 5.44. The minimum absolute atomic E-state index is 0.137. The van der Waals surface area contributed by atoms with Gasteiger partial charge in [0.05, 0.1) is 11.8 Å². The zero-order valence-electron chi connectivity index (χ0n) is 7.65. The van der Waals surface area contributed by atoms with Crippen molar-refractivity contribution in [2.75, 3.05) is 0 Å². The predicted octanol–water partition coefficient (Wildman–Crippen LogP) is 1.37. The largest absolute Gasteiger partial charge is 0.448 e. The molecule has 0 unspecified atom stereocenters. The molecule has 0 saturated heterocycles. The van der Waals surface area contributed by atoms with Gasteiger partial charge in [-0.05, 0) is 12.1 Å². The highest BCUT2D eigenvalue weighted by Crippen LogP contribution is 2.21. The monoisotopic (exact) mass is 201 g/mol. The molecular weight excluding hydrogens is 194 g/mol.